The molecule has 0 fully saturated rings. The van der Waals surface area contributed by atoms with Crippen molar-refractivity contribution in [3.8, 4) is 5.75 Å². The third-order valence-corrected chi connectivity index (χ3v) is 2.99. The van der Waals surface area contributed by atoms with Crippen molar-refractivity contribution in [2.24, 2.45) is 5.41 Å². The lowest BCUT2D eigenvalue weighted by atomic mass is 9.82. The van der Waals surface area contributed by atoms with Crippen LogP contribution >= 0.6 is 0 Å². The van der Waals surface area contributed by atoms with Crippen molar-refractivity contribution in [3.05, 3.63) is 29.3 Å². The number of benzene rings is 1. The molecule has 6 heteroatoms. The summed E-state index contributed by atoms with van der Waals surface area (Å²) < 4.78 is 36.6. The molecule has 1 unspecified atom stereocenters. The smallest absolute Gasteiger partial charge is 0.314 e. The summed E-state index contributed by atoms with van der Waals surface area (Å²) in [7, 11) is 2.36. The van der Waals surface area contributed by atoms with E-state index in [0.717, 1.165) is 7.11 Å². The third kappa shape index (κ3) is 2.68. The number of aliphatic hydroxyl groups is 1. The molecule has 0 saturated heterocycles. The molecule has 1 atom stereocenters. The molecule has 1 N–H and O–H groups in total. The highest BCUT2D eigenvalue weighted by molar-refractivity contribution is 5.76. The van der Waals surface area contributed by atoms with Crippen LogP contribution in [0.5, 0.6) is 5.75 Å². The van der Waals surface area contributed by atoms with Gasteiger partial charge in [0.15, 0.2) is 11.6 Å². The van der Waals surface area contributed by atoms with Crippen LogP contribution in [-0.4, -0.2) is 25.3 Å². The summed E-state index contributed by atoms with van der Waals surface area (Å²) in [5, 5.41) is 10.1. The number of hydrogen-bond donors (Lipinski definition) is 1. The fraction of sp³-hybridized carbons (Fsp3) is 0.462. The summed E-state index contributed by atoms with van der Waals surface area (Å²) in [5.74, 6) is -3.46. The van der Waals surface area contributed by atoms with Crippen LogP contribution in [0.1, 0.15) is 25.5 Å². The van der Waals surface area contributed by atoms with E-state index in [0.29, 0.717) is 0 Å². The van der Waals surface area contributed by atoms with Gasteiger partial charge in [0.05, 0.1) is 25.7 Å². The number of carbonyl (C=O) groups is 1. The van der Waals surface area contributed by atoms with Crippen LogP contribution in [0.3, 0.4) is 0 Å². The van der Waals surface area contributed by atoms with Crippen molar-refractivity contribution in [2.45, 2.75) is 20.0 Å². The molecule has 1 rings (SSSR count). The van der Waals surface area contributed by atoms with Crippen LogP contribution in [0, 0.1) is 17.0 Å². The lowest BCUT2D eigenvalue weighted by Crippen LogP contribution is -2.33. The maximum Gasteiger partial charge on any atom is 0.314 e. The van der Waals surface area contributed by atoms with E-state index in [1.54, 1.807) is 0 Å². The quantitative estimate of drug-likeness (QED) is 0.855. The summed E-state index contributed by atoms with van der Waals surface area (Å²) in [5.41, 5.74) is -1.73. The van der Waals surface area contributed by atoms with E-state index in [1.165, 1.54) is 33.1 Å². The van der Waals surface area contributed by atoms with E-state index < -0.39 is 29.1 Å². The van der Waals surface area contributed by atoms with Crippen LogP contribution in [0.15, 0.2) is 12.1 Å². The molecule has 106 valence electrons. The fourth-order valence-electron chi connectivity index (χ4n) is 1.68. The summed E-state index contributed by atoms with van der Waals surface area (Å²) in [6, 6.07) is 2.36. The minimum Gasteiger partial charge on any atom is -0.494 e. The van der Waals surface area contributed by atoms with Crippen LogP contribution < -0.4 is 4.74 Å². The van der Waals surface area contributed by atoms with Crippen molar-refractivity contribution < 1.29 is 28.2 Å². The second-order valence-electron chi connectivity index (χ2n) is 4.60. The van der Waals surface area contributed by atoms with Crippen molar-refractivity contribution in [2.75, 3.05) is 14.2 Å². The van der Waals surface area contributed by atoms with Gasteiger partial charge in [0.2, 0.25) is 5.82 Å². The van der Waals surface area contributed by atoms with Crippen molar-refractivity contribution in [1.82, 2.24) is 0 Å². The predicted molar refractivity (Wildman–Crippen MR) is 63.7 cm³/mol. The van der Waals surface area contributed by atoms with Crippen molar-refractivity contribution >= 4 is 5.97 Å². The highest BCUT2D eigenvalue weighted by atomic mass is 19.2. The molecule has 0 aliphatic heterocycles. The fourth-order valence-corrected chi connectivity index (χ4v) is 1.68. The van der Waals surface area contributed by atoms with Gasteiger partial charge >= 0.3 is 5.97 Å². The van der Waals surface area contributed by atoms with Gasteiger partial charge in [-0.3, -0.25) is 4.79 Å². The standard InChI is InChI=1S/C13H16F2O4/c1-13(2,12(17)19-4)11(16)7-5-6-8(18-3)10(15)9(7)14/h5-6,11,16H,1-4H3. The van der Waals surface area contributed by atoms with E-state index in [2.05, 4.69) is 9.47 Å². The molecule has 0 spiro atoms. The highest BCUT2D eigenvalue weighted by Crippen LogP contribution is 2.37. The summed E-state index contributed by atoms with van der Waals surface area (Å²) in [4.78, 5) is 11.5. The zero-order valence-corrected chi connectivity index (χ0v) is 11.2. The van der Waals surface area contributed by atoms with E-state index in [4.69, 9.17) is 0 Å². The molecular weight excluding hydrogens is 258 g/mol. The first-order valence-electron chi connectivity index (χ1n) is 5.55. The molecule has 1 aromatic carbocycles. The van der Waals surface area contributed by atoms with Gasteiger partial charge in [0.25, 0.3) is 0 Å². The molecule has 0 aliphatic carbocycles. The molecule has 4 nitrogen and oxygen atoms in total. The second-order valence-corrected chi connectivity index (χ2v) is 4.60. The first-order chi connectivity index (χ1) is 8.77. The SMILES string of the molecule is COC(=O)C(C)(C)C(O)c1ccc(OC)c(F)c1F. The Morgan fingerprint density at radius 1 is 1.26 bits per heavy atom. The summed E-state index contributed by atoms with van der Waals surface area (Å²) in [6.07, 6.45) is -1.54. The van der Waals surface area contributed by atoms with Gasteiger partial charge < -0.3 is 14.6 Å². The van der Waals surface area contributed by atoms with Gasteiger partial charge in [-0.05, 0) is 26.0 Å². The maximum absolute atomic E-state index is 13.8. The van der Waals surface area contributed by atoms with Gasteiger partial charge in [-0.2, -0.15) is 4.39 Å². The summed E-state index contributed by atoms with van der Waals surface area (Å²) in [6.45, 7) is 2.76. The van der Waals surface area contributed by atoms with Crippen molar-refractivity contribution in [1.29, 1.82) is 0 Å². The van der Waals surface area contributed by atoms with Crippen LogP contribution in [0.2, 0.25) is 0 Å². The molecule has 0 amide bonds. The lowest BCUT2D eigenvalue weighted by molar-refractivity contribution is -0.157. The molecule has 0 aromatic heterocycles. The lowest BCUT2D eigenvalue weighted by Gasteiger charge is -2.28. The van der Waals surface area contributed by atoms with Crippen molar-refractivity contribution in [3.63, 3.8) is 0 Å². The second kappa shape index (κ2) is 5.52. The third-order valence-electron chi connectivity index (χ3n) is 2.99. The number of methoxy groups -OCH3 is 2. The maximum atomic E-state index is 13.8. The first-order valence-corrected chi connectivity index (χ1v) is 5.55. The first kappa shape index (κ1) is 15.4. The minimum atomic E-state index is -1.54. The highest BCUT2D eigenvalue weighted by Gasteiger charge is 2.39. The van der Waals surface area contributed by atoms with Gasteiger partial charge in [-0.25, -0.2) is 4.39 Å². The zero-order chi connectivity index (χ0) is 14.8. The topological polar surface area (TPSA) is 55.8 Å². The normalized spacial score (nSPS) is 13.0. The predicted octanol–water partition coefficient (Wildman–Crippen LogP) is 2.21. The van der Waals surface area contributed by atoms with Gasteiger partial charge in [-0.15, -0.1) is 0 Å². The van der Waals surface area contributed by atoms with Gasteiger partial charge in [0.1, 0.15) is 0 Å². The number of hydrogen-bond acceptors (Lipinski definition) is 4. The van der Waals surface area contributed by atoms with E-state index >= 15 is 0 Å². The van der Waals surface area contributed by atoms with Gasteiger partial charge in [-0.1, -0.05) is 0 Å². The molecular formula is C13H16F2O4. The Morgan fingerprint density at radius 3 is 2.32 bits per heavy atom. The van der Waals surface area contributed by atoms with E-state index in [1.807, 2.05) is 0 Å². The molecule has 0 aliphatic rings. The minimum absolute atomic E-state index is 0.274. The van der Waals surface area contributed by atoms with Crippen LogP contribution in [0.25, 0.3) is 0 Å². The zero-order valence-electron chi connectivity index (χ0n) is 11.2. The number of ether oxygens (including phenoxy) is 2. The number of rotatable bonds is 4. The average Bonchev–Trinajstić information content (AvgIpc) is 2.39. The van der Waals surface area contributed by atoms with Crippen LogP contribution in [0.4, 0.5) is 8.78 Å². The average molecular weight is 274 g/mol. The summed E-state index contributed by atoms with van der Waals surface area (Å²) >= 11 is 0. The molecule has 0 bridgehead atoms. The van der Waals surface area contributed by atoms with Gasteiger partial charge in [0, 0.05) is 5.56 Å². The monoisotopic (exact) mass is 274 g/mol. The number of halogens is 2. The molecule has 0 heterocycles. The Hall–Kier alpha value is -1.69. The molecule has 19 heavy (non-hydrogen) atoms. The van der Waals surface area contributed by atoms with E-state index in [-0.39, 0.29) is 11.3 Å². The number of carbonyl (C=O) groups excluding carboxylic acids is 1. The molecule has 0 saturated carbocycles. The number of esters is 1. The van der Waals surface area contributed by atoms with E-state index in [9.17, 15) is 18.7 Å². The molecule has 1 aromatic rings. The Bertz CT molecular complexity index is 486. The Labute approximate surface area is 109 Å². The largest absolute Gasteiger partial charge is 0.494 e. The van der Waals surface area contributed by atoms with Crippen LogP contribution in [-0.2, 0) is 9.53 Å². The molecule has 0 radical (unpaired) electrons. The Kier molecular flexibility index (Phi) is 4.47. The Morgan fingerprint density at radius 2 is 1.84 bits per heavy atom. The Balaban J connectivity index is 3.24. The number of aliphatic hydroxyl groups excluding tert-OH is 1.